The zero-order chi connectivity index (χ0) is 18.3. The van der Waals surface area contributed by atoms with Crippen LogP contribution < -0.4 is 0 Å². The molecular formula is C17H17N3O3S3. The number of thiazole rings is 1. The number of nitrogens with zero attached hydrogens (tertiary/aromatic N) is 3. The highest BCUT2D eigenvalue weighted by Crippen LogP contribution is 2.34. The molecule has 0 saturated carbocycles. The van der Waals surface area contributed by atoms with Gasteiger partial charge in [0.1, 0.15) is 5.01 Å². The molecule has 0 radical (unpaired) electrons. The number of thiophene rings is 1. The van der Waals surface area contributed by atoms with Gasteiger partial charge in [0.05, 0.1) is 26.2 Å². The normalized spacial score (nSPS) is 16.3. The molecule has 1 aliphatic heterocycles. The van der Waals surface area contributed by atoms with E-state index in [0.717, 1.165) is 20.1 Å². The second-order valence-corrected chi connectivity index (χ2v) is 10.2. The van der Waals surface area contributed by atoms with E-state index in [-0.39, 0.29) is 5.91 Å². The Labute approximate surface area is 159 Å². The van der Waals surface area contributed by atoms with Crippen LogP contribution in [0.1, 0.15) is 9.67 Å². The van der Waals surface area contributed by atoms with Gasteiger partial charge in [0.2, 0.25) is 10.0 Å². The second-order valence-electron chi connectivity index (χ2n) is 6.10. The van der Waals surface area contributed by atoms with Gasteiger partial charge in [0.15, 0.2) is 0 Å². The molecule has 0 unspecified atom stereocenters. The number of amides is 1. The van der Waals surface area contributed by atoms with Crippen molar-refractivity contribution < 1.29 is 13.2 Å². The third-order valence-corrected chi connectivity index (χ3v) is 7.90. The molecule has 1 amide bonds. The molecule has 4 rings (SSSR count). The quantitative estimate of drug-likeness (QED) is 0.669. The van der Waals surface area contributed by atoms with E-state index in [2.05, 4.69) is 4.98 Å². The zero-order valence-electron chi connectivity index (χ0n) is 14.1. The Kier molecular flexibility index (Phi) is 4.55. The number of fused-ring (bicyclic) bond motifs is 1. The Bertz CT molecular complexity index is 1030. The molecule has 6 nitrogen and oxygen atoms in total. The predicted octanol–water partition coefficient (Wildman–Crippen LogP) is 2.74. The van der Waals surface area contributed by atoms with Crippen LogP contribution in [0.15, 0.2) is 36.4 Å². The smallest absolute Gasteiger partial charge is 0.264 e. The minimum absolute atomic E-state index is 0.0458. The summed E-state index contributed by atoms with van der Waals surface area (Å²) in [4.78, 5) is 20.7. The number of aromatic nitrogens is 1. The van der Waals surface area contributed by atoms with Crippen molar-refractivity contribution in [3.63, 3.8) is 0 Å². The van der Waals surface area contributed by atoms with Crippen LogP contribution in [0.3, 0.4) is 0 Å². The van der Waals surface area contributed by atoms with Crippen molar-refractivity contribution in [2.45, 2.75) is 0 Å². The summed E-state index contributed by atoms with van der Waals surface area (Å²) in [5.41, 5.74) is 0.964. The molecule has 0 atom stereocenters. The molecule has 136 valence electrons. The van der Waals surface area contributed by atoms with Crippen molar-refractivity contribution in [2.24, 2.45) is 0 Å². The van der Waals surface area contributed by atoms with Gasteiger partial charge >= 0.3 is 0 Å². The predicted molar refractivity (Wildman–Crippen MR) is 105 cm³/mol. The SMILES string of the molecule is CS(=O)(=O)N1CCN(C(=O)c2ccc(-c3nc4ccccc4s3)s2)CC1. The first-order chi connectivity index (χ1) is 12.4. The molecule has 1 saturated heterocycles. The Hall–Kier alpha value is -1.81. The molecule has 9 heteroatoms. The van der Waals surface area contributed by atoms with E-state index in [4.69, 9.17) is 0 Å². The number of carbonyl (C=O) groups excluding carboxylic acids is 1. The summed E-state index contributed by atoms with van der Waals surface area (Å²) in [6.45, 7) is 1.53. The maximum Gasteiger partial charge on any atom is 0.264 e. The topological polar surface area (TPSA) is 70.6 Å². The first-order valence-corrected chi connectivity index (χ1v) is 11.6. The fourth-order valence-electron chi connectivity index (χ4n) is 2.92. The van der Waals surface area contributed by atoms with Gasteiger partial charge in [-0.15, -0.1) is 22.7 Å². The van der Waals surface area contributed by atoms with Crippen molar-refractivity contribution in [3.8, 4) is 9.88 Å². The summed E-state index contributed by atoms with van der Waals surface area (Å²) < 4.78 is 25.7. The maximum absolute atomic E-state index is 12.7. The van der Waals surface area contributed by atoms with Crippen LogP contribution in [-0.4, -0.2) is 60.9 Å². The fourth-order valence-corrected chi connectivity index (χ4v) is 5.74. The van der Waals surface area contributed by atoms with E-state index in [1.54, 1.807) is 16.2 Å². The minimum atomic E-state index is -3.19. The van der Waals surface area contributed by atoms with Gasteiger partial charge in [0, 0.05) is 26.2 Å². The van der Waals surface area contributed by atoms with Crippen molar-refractivity contribution in [2.75, 3.05) is 32.4 Å². The van der Waals surface area contributed by atoms with Crippen LogP contribution in [0, 0.1) is 0 Å². The third kappa shape index (κ3) is 3.39. The fraction of sp³-hybridized carbons (Fsp3) is 0.294. The summed E-state index contributed by atoms with van der Waals surface area (Å²) in [6.07, 6.45) is 1.20. The second kappa shape index (κ2) is 6.73. The van der Waals surface area contributed by atoms with E-state index in [1.807, 2.05) is 36.4 Å². The Morgan fingerprint density at radius 1 is 1.04 bits per heavy atom. The average molecular weight is 408 g/mol. The molecule has 1 aromatic carbocycles. The zero-order valence-corrected chi connectivity index (χ0v) is 16.5. The van der Waals surface area contributed by atoms with Crippen LogP contribution >= 0.6 is 22.7 Å². The van der Waals surface area contributed by atoms with E-state index in [9.17, 15) is 13.2 Å². The van der Waals surface area contributed by atoms with Gasteiger partial charge < -0.3 is 4.90 Å². The summed E-state index contributed by atoms with van der Waals surface area (Å²) >= 11 is 3.05. The molecule has 3 heterocycles. The maximum atomic E-state index is 12.7. The number of sulfonamides is 1. The van der Waals surface area contributed by atoms with Crippen molar-refractivity contribution >= 4 is 48.8 Å². The van der Waals surface area contributed by atoms with Crippen LogP contribution in [0.25, 0.3) is 20.1 Å². The van der Waals surface area contributed by atoms with Crippen molar-refractivity contribution in [1.29, 1.82) is 0 Å². The summed E-state index contributed by atoms with van der Waals surface area (Å²) in [6, 6.07) is 11.7. The van der Waals surface area contributed by atoms with Gasteiger partial charge in [-0.1, -0.05) is 12.1 Å². The monoisotopic (exact) mass is 407 g/mol. The molecule has 2 aromatic heterocycles. The standard InChI is InChI=1S/C17H17N3O3S3/c1-26(22,23)20-10-8-19(9-11-20)17(21)15-7-6-14(24-15)16-18-12-4-2-3-5-13(12)25-16/h2-7H,8-11H2,1H3. The van der Waals surface area contributed by atoms with Gasteiger partial charge in [-0.05, 0) is 24.3 Å². The first-order valence-electron chi connectivity index (χ1n) is 8.12. The first kappa shape index (κ1) is 17.6. The molecule has 0 spiro atoms. The molecule has 3 aromatic rings. The lowest BCUT2D eigenvalue weighted by Gasteiger charge is -2.32. The lowest BCUT2D eigenvalue weighted by atomic mass is 10.3. The summed E-state index contributed by atoms with van der Waals surface area (Å²) in [5, 5.41) is 0.914. The summed E-state index contributed by atoms with van der Waals surface area (Å²) in [7, 11) is -3.19. The molecule has 0 N–H and O–H groups in total. The Balaban J connectivity index is 1.50. The third-order valence-electron chi connectivity index (χ3n) is 4.32. The van der Waals surface area contributed by atoms with Crippen molar-refractivity contribution in [1.82, 2.24) is 14.2 Å². The molecule has 1 aliphatic rings. The lowest BCUT2D eigenvalue weighted by molar-refractivity contribution is 0.0703. The van der Waals surface area contributed by atoms with Crippen molar-refractivity contribution in [3.05, 3.63) is 41.3 Å². The number of piperazine rings is 1. The highest BCUT2D eigenvalue weighted by Gasteiger charge is 2.27. The van der Waals surface area contributed by atoms with E-state index >= 15 is 0 Å². The lowest BCUT2D eigenvalue weighted by Crippen LogP contribution is -2.50. The van der Waals surface area contributed by atoms with Crippen LogP contribution in [-0.2, 0) is 10.0 Å². The van der Waals surface area contributed by atoms with E-state index in [1.165, 1.54) is 21.9 Å². The van der Waals surface area contributed by atoms with Gasteiger partial charge in [-0.25, -0.2) is 13.4 Å². The Morgan fingerprint density at radius 3 is 2.46 bits per heavy atom. The number of hydrogen-bond donors (Lipinski definition) is 0. The molecule has 26 heavy (non-hydrogen) atoms. The molecule has 0 bridgehead atoms. The number of para-hydroxylation sites is 1. The van der Waals surface area contributed by atoms with E-state index in [0.29, 0.717) is 31.1 Å². The van der Waals surface area contributed by atoms with Gasteiger partial charge in [0.25, 0.3) is 5.91 Å². The van der Waals surface area contributed by atoms with Crippen LogP contribution in [0.5, 0.6) is 0 Å². The van der Waals surface area contributed by atoms with E-state index < -0.39 is 10.0 Å². The number of benzene rings is 1. The van der Waals surface area contributed by atoms with Crippen LogP contribution in [0.4, 0.5) is 0 Å². The number of carbonyl (C=O) groups is 1. The highest BCUT2D eigenvalue weighted by molar-refractivity contribution is 7.88. The van der Waals surface area contributed by atoms with Gasteiger partial charge in [-0.2, -0.15) is 4.31 Å². The highest BCUT2D eigenvalue weighted by atomic mass is 32.2. The molecule has 1 fully saturated rings. The number of hydrogen-bond acceptors (Lipinski definition) is 6. The molecule has 0 aliphatic carbocycles. The minimum Gasteiger partial charge on any atom is -0.335 e. The Morgan fingerprint density at radius 2 is 1.77 bits per heavy atom. The van der Waals surface area contributed by atoms with Crippen LogP contribution in [0.2, 0.25) is 0 Å². The van der Waals surface area contributed by atoms with Gasteiger partial charge in [-0.3, -0.25) is 4.79 Å². The largest absolute Gasteiger partial charge is 0.335 e. The number of rotatable bonds is 3. The summed E-state index contributed by atoms with van der Waals surface area (Å²) in [5.74, 6) is -0.0458. The average Bonchev–Trinajstić information content (AvgIpc) is 3.27. The molecular weight excluding hydrogens is 390 g/mol.